The molecular weight excluding hydrogens is 342 g/mol. The number of carbonyl (C=O) groups is 1. The molecule has 1 fully saturated rings. The van der Waals surface area contributed by atoms with Crippen LogP contribution in [0.4, 0.5) is 11.6 Å². The Hall–Kier alpha value is -3.03. The van der Waals surface area contributed by atoms with Crippen molar-refractivity contribution in [3.63, 3.8) is 0 Å². The monoisotopic (exact) mass is 365 g/mol. The van der Waals surface area contributed by atoms with Gasteiger partial charge in [0.05, 0.1) is 17.5 Å². The maximum Gasteiger partial charge on any atom is 0.230 e. The molecule has 4 rings (SSSR count). The number of rotatable bonds is 3. The molecule has 0 unspecified atom stereocenters. The molecule has 1 aliphatic heterocycles. The van der Waals surface area contributed by atoms with Gasteiger partial charge in [-0.15, -0.1) is 0 Å². The van der Waals surface area contributed by atoms with Crippen LogP contribution in [-0.4, -0.2) is 43.7 Å². The number of carbonyl (C=O) groups excluding carboxylic acids is 1. The summed E-state index contributed by atoms with van der Waals surface area (Å²) in [6, 6.07) is 5.63. The topological polar surface area (TPSA) is 88.8 Å². The Kier molecular flexibility index (Phi) is 4.47. The fourth-order valence-corrected chi connectivity index (χ4v) is 3.58. The summed E-state index contributed by atoms with van der Waals surface area (Å²) in [6.45, 7) is 5.28. The highest BCUT2D eigenvalue weighted by Crippen LogP contribution is 2.28. The summed E-state index contributed by atoms with van der Waals surface area (Å²) in [4.78, 5) is 28.4. The van der Waals surface area contributed by atoms with Gasteiger partial charge in [-0.3, -0.25) is 9.48 Å². The van der Waals surface area contributed by atoms with Gasteiger partial charge in [-0.2, -0.15) is 5.10 Å². The van der Waals surface area contributed by atoms with Crippen LogP contribution < -0.4 is 10.2 Å². The van der Waals surface area contributed by atoms with Gasteiger partial charge in [0.25, 0.3) is 0 Å². The highest BCUT2D eigenvalue weighted by atomic mass is 16.2. The molecule has 27 heavy (non-hydrogen) atoms. The van der Waals surface area contributed by atoms with Crippen molar-refractivity contribution in [1.29, 1.82) is 0 Å². The number of nitrogens with one attached hydrogen (secondary N) is 1. The smallest absolute Gasteiger partial charge is 0.230 e. The van der Waals surface area contributed by atoms with Gasteiger partial charge in [0, 0.05) is 25.8 Å². The molecule has 1 aliphatic rings. The number of aromatic nitrogens is 5. The van der Waals surface area contributed by atoms with E-state index < -0.39 is 0 Å². The first kappa shape index (κ1) is 17.4. The Morgan fingerprint density at radius 3 is 2.89 bits per heavy atom. The predicted octanol–water partition coefficient (Wildman–Crippen LogP) is 2.23. The van der Waals surface area contributed by atoms with Crippen LogP contribution in [-0.2, 0) is 11.8 Å². The second-order valence-corrected chi connectivity index (χ2v) is 7.04. The maximum atomic E-state index is 12.8. The molecule has 1 amide bonds. The number of anilines is 2. The van der Waals surface area contributed by atoms with E-state index in [1.807, 2.05) is 39.1 Å². The highest BCUT2D eigenvalue weighted by Gasteiger charge is 2.28. The van der Waals surface area contributed by atoms with E-state index >= 15 is 0 Å². The number of fused-ring (bicyclic) bond motifs is 1. The number of hydrogen-bond acceptors (Lipinski definition) is 6. The first-order valence-electron chi connectivity index (χ1n) is 9.17. The van der Waals surface area contributed by atoms with Crippen molar-refractivity contribution >= 4 is 28.6 Å². The van der Waals surface area contributed by atoms with Gasteiger partial charge in [-0.05, 0) is 38.8 Å². The normalized spacial score (nSPS) is 17.3. The van der Waals surface area contributed by atoms with Crippen LogP contribution in [0.3, 0.4) is 0 Å². The van der Waals surface area contributed by atoms with Crippen LogP contribution in [0.1, 0.15) is 24.4 Å². The second-order valence-electron chi connectivity index (χ2n) is 7.04. The van der Waals surface area contributed by atoms with Crippen LogP contribution in [0.15, 0.2) is 24.4 Å². The number of piperidine rings is 1. The van der Waals surface area contributed by atoms with Gasteiger partial charge >= 0.3 is 0 Å². The molecule has 0 saturated carbocycles. The van der Waals surface area contributed by atoms with Crippen molar-refractivity contribution < 1.29 is 4.79 Å². The summed E-state index contributed by atoms with van der Waals surface area (Å²) in [5.41, 5.74) is 1.70. The van der Waals surface area contributed by atoms with E-state index in [1.54, 1.807) is 10.9 Å². The molecule has 3 aromatic rings. The molecule has 0 aromatic carbocycles. The average molecular weight is 365 g/mol. The van der Waals surface area contributed by atoms with Gasteiger partial charge in [0.15, 0.2) is 5.65 Å². The second kappa shape index (κ2) is 6.94. The molecule has 1 N–H and O–H groups in total. The molecule has 8 heteroatoms. The molecule has 4 heterocycles. The Labute approximate surface area is 157 Å². The minimum atomic E-state index is -0.108. The van der Waals surface area contributed by atoms with Crippen LogP contribution in [0.5, 0.6) is 0 Å². The SMILES string of the molecule is Cc1cccc(NC(=O)[C@@H]2CCCN(c3nc(C)nc4c3cnn4C)C2)n1. The molecule has 8 nitrogen and oxygen atoms in total. The fraction of sp³-hybridized carbons (Fsp3) is 0.421. The van der Waals surface area contributed by atoms with Crippen molar-refractivity contribution in [2.45, 2.75) is 26.7 Å². The Morgan fingerprint density at radius 1 is 1.22 bits per heavy atom. The van der Waals surface area contributed by atoms with Crippen molar-refractivity contribution in [3.05, 3.63) is 35.9 Å². The number of hydrogen-bond donors (Lipinski definition) is 1. The Morgan fingerprint density at radius 2 is 2.07 bits per heavy atom. The van der Waals surface area contributed by atoms with Gasteiger partial charge in [0.1, 0.15) is 17.5 Å². The maximum absolute atomic E-state index is 12.8. The summed E-state index contributed by atoms with van der Waals surface area (Å²) in [5.74, 6) is 2.06. The molecule has 1 saturated heterocycles. The van der Waals surface area contributed by atoms with Gasteiger partial charge < -0.3 is 10.2 Å². The molecule has 0 bridgehead atoms. The molecule has 1 atom stereocenters. The molecule has 140 valence electrons. The predicted molar refractivity (Wildman–Crippen MR) is 104 cm³/mol. The van der Waals surface area contributed by atoms with Crippen molar-refractivity contribution in [2.75, 3.05) is 23.3 Å². The third-order valence-corrected chi connectivity index (χ3v) is 4.92. The van der Waals surface area contributed by atoms with Gasteiger partial charge in [-0.1, -0.05) is 6.07 Å². The zero-order valence-electron chi connectivity index (χ0n) is 15.8. The molecule has 0 aliphatic carbocycles. The van der Waals surface area contributed by atoms with E-state index in [9.17, 15) is 4.79 Å². The zero-order valence-corrected chi connectivity index (χ0v) is 15.8. The largest absolute Gasteiger partial charge is 0.355 e. The zero-order chi connectivity index (χ0) is 19.0. The lowest BCUT2D eigenvalue weighted by Gasteiger charge is -2.33. The first-order valence-corrected chi connectivity index (χ1v) is 9.17. The molecule has 3 aromatic heterocycles. The first-order chi connectivity index (χ1) is 13.0. The van der Waals surface area contributed by atoms with Gasteiger partial charge in [-0.25, -0.2) is 15.0 Å². The van der Waals surface area contributed by atoms with Crippen LogP contribution in [0.25, 0.3) is 11.0 Å². The van der Waals surface area contributed by atoms with Crippen LogP contribution in [0.2, 0.25) is 0 Å². The van der Waals surface area contributed by atoms with E-state index in [0.29, 0.717) is 18.2 Å². The fourth-order valence-electron chi connectivity index (χ4n) is 3.58. The van der Waals surface area contributed by atoms with Crippen LogP contribution >= 0.6 is 0 Å². The van der Waals surface area contributed by atoms with Gasteiger partial charge in [0.2, 0.25) is 5.91 Å². The summed E-state index contributed by atoms with van der Waals surface area (Å²) in [6.07, 6.45) is 3.59. The van der Waals surface area contributed by atoms with E-state index in [-0.39, 0.29) is 11.8 Å². The van der Waals surface area contributed by atoms with E-state index in [0.717, 1.165) is 41.9 Å². The Balaban J connectivity index is 1.56. The number of aryl methyl sites for hydroxylation is 3. The Bertz CT molecular complexity index is 997. The van der Waals surface area contributed by atoms with Crippen molar-refractivity contribution in [1.82, 2.24) is 24.7 Å². The summed E-state index contributed by atoms with van der Waals surface area (Å²) in [7, 11) is 1.87. The molecule has 0 radical (unpaired) electrons. The minimum absolute atomic E-state index is 0.00556. The molecular formula is C19H23N7O. The van der Waals surface area contributed by atoms with Crippen LogP contribution in [0, 0.1) is 19.8 Å². The van der Waals surface area contributed by atoms with E-state index in [2.05, 4.69) is 30.3 Å². The lowest BCUT2D eigenvalue weighted by Crippen LogP contribution is -2.41. The highest BCUT2D eigenvalue weighted by molar-refractivity contribution is 5.93. The summed E-state index contributed by atoms with van der Waals surface area (Å²) < 4.78 is 1.76. The lowest BCUT2D eigenvalue weighted by atomic mass is 9.97. The number of amides is 1. The summed E-state index contributed by atoms with van der Waals surface area (Å²) in [5, 5.41) is 8.18. The third kappa shape index (κ3) is 3.47. The minimum Gasteiger partial charge on any atom is -0.355 e. The third-order valence-electron chi connectivity index (χ3n) is 4.92. The van der Waals surface area contributed by atoms with Crippen molar-refractivity contribution in [3.8, 4) is 0 Å². The quantitative estimate of drug-likeness (QED) is 0.766. The lowest BCUT2D eigenvalue weighted by molar-refractivity contribution is -0.120. The molecule has 0 spiro atoms. The van der Waals surface area contributed by atoms with E-state index in [4.69, 9.17) is 0 Å². The van der Waals surface area contributed by atoms with Crippen molar-refractivity contribution in [2.24, 2.45) is 13.0 Å². The number of nitrogens with zero attached hydrogens (tertiary/aromatic N) is 6. The standard InChI is InChI=1S/C19H23N7O/c1-12-6-4-8-16(21-12)24-19(27)14-7-5-9-26(11-14)18-15-10-20-25(3)17(15)22-13(2)23-18/h4,6,8,10,14H,5,7,9,11H2,1-3H3,(H,21,24,27)/t14-/m1/s1. The average Bonchev–Trinajstić information content (AvgIpc) is 3.02. The summed E-state index contributed by atoms with van der Waals surface area (Å²) >= 11 is 0. The van der Waals surface area contributed by atoms with E-state index in [1.165, 1.54) is 0 Å². The number of pyridine rings is 1.